The van der Waals surface area contributed by atoms with Crippen LogP contribution in [-0.4, -0.2) is 24.6 Å². The average molecular weight is 274 g/mol. The summed E-state index contributed by atoms with van der Waals surface area (Å²) in [6.07, 6.45) is 3.75. The summed E-state index contributed by atoms with van der Waals surface area (Å²) in [6, 6.07) is 8.59. The molecule has 0 aliphatic heterocycles. The van der Waals surface area contributed by atoms with Crippen LogP contribution in [0.3, 0.4) is 0 Å². The minimum absolute atomic E-state index is 0.513. The van der Waals surface area contributed by atoms with Gasteiger partial charge in [0.25, 0.3) is 0 Å². The molecule has 0 aromatic heterocycles. The lowest BCUT2D eigenvalue weighted by Crippen LogP contribution is -2.31. The summed E-state index contributed by atoms with van der Waals surface area (Å²) in [5.41, 5.74) is 1.79. The molecule has 3 nitrogen and oxygen atoms in total. The maximum Gasteiger partial charge on any atom is 0.136 e. The minimum atomic E-state index is 0.513. The van der Waals surface area contributed by atoms with Gasteiger partial charge in [0.1, 0.15) is 11.8 Å². The first-order chi connectivity index (χ1) is 9.62. The summed E-state index contributed by atoms with van der Waals surface area (Å²) >= 11 is 0. The van der Waals surface area contributed by atoms with Gasteiger partial charge in [0, 0.05) is 12.6 Å². The Morgan fingerprint density at radius 1 is 1.30 bits per heavy atom. The number of hydrogen-bond acceptors (Lipinski definition) is 3. The van der Waals surface area contributed by atoms with Crippen LogP contribution in [0.5, 0.6) is 5.75 Å². The highest BCUT2D eigenvalue weighted by molar-refractivity contribution is 5.45. The van der Waals surface area contributed by atoms with Crippen LogP contribution in [0.2, 0.25) is 0 Å². The zero-order valence-electron chi connectivity index (χ0n) is 13.1. The molecule has 1 aromatic carbocycles. The molecule has 110 valence electrons. The van der Waals surface area contributed by atoms with Crippen molar-refractivity contribution >= 4 is 0 Å². The highest BCUT2D eigenvalue weighted by Gasteiger charge is 2.11. The second kappa shape index (κ2) is 8.60. The van der Waals surface area contributed by atoms with E-state index in [2.05, 4.69) is 37.8 Å². The van der Waals surface area contributed by atoms with Gasteiger partial charge in [-0.3, -0.25) is 4.90 Å². The SMILES string of the molecule is CCCCCN(Cc1ccc(OC)c(C#N)c1)C(C)C. The third-order valence-corrected chi connectivity index (χ3v) is 3.55. The Balaban J connectivity index is 2.75. The van der Waals surface area contributed by atoms with E-state index in [0.29, 0.717) is 17.4 Å². The van der Waals surface area contributed by atoms with Crippen LogP contribution in [0.4, 0.5) is 0 Å². The molecule has 0 radical (unpaired) electrons. The molecule has 0 bridgehead atoms. The minimum Gasteiger partial charge on any atom is -0.495 e. The smallest absolute Gasteiger partial charge is 0.136 e. The van der Waals surface area contributed by atoms with Gasteiger partial charge < -0.3 is 4.74 Å². The van der Waals surface area contributed by atoms with Crippen LogP contribution >= 0.6 is 0 Å². The first-order valence-corrected chi connectivity index (χ1v) is 7.43. The van der Waals surface area contributed by atoms with Crippen molar-refractivity contribution in [2.75, 3.05) is 13.7 Å². The molecule has 0 aliphatic carbocycles. The van der Waals surface area contributed by atoms with Gasteiger partial charge in [0.05, 0.1) is 12.7 Å². The maximum atomic E-state index is 9.15. The predicted octanol–water partition coefficient (Wildman–Crippen LogP) is 3.97. The Morgan fingerprint density at radius 3 is 2.60 bits per heavy atom. The predicted molar refractivity (Wildman–Crippen MR) is 82.8 cm³/mol. The first kappa shape index (κ1) is 16.5. The number of hydrogen-bond donors (Lipinski definition) is 0. The molecule has 3 heteroatoms. The van der Waals surface area contributed by atoms with E-state index in [9.17, 15) is 0 Å². The van der Waals surface area contributed by atoms with Crippen molar-refractivity contribution in [2.45, 2.75) is 52.6 Å². The summed E-state index contributed by atoms with van der Waals surface area (Å²) in [6.45, 7) is 8.67. The van der Waals surface area contributed by atoms with Gasteiger partial charge in [-0.25, -0.2) is 0 Å². The lowest BCUT2D eigenvalue weighted by molar-refractivity contribution is 0.208. The Bertz CT molecular complexity index is 449. The normalized spacial score (nSPS) is 10.8. The Kier molecular flexibility index (Phi) is 7.11. The molecule has 0 N–H and O–H groups in total. The van der Waals surface area contributed by atoms with Crippen molar-refractivity contribution in [2.24, 2.45) is 0 Å². The molecule has 0 spiro atoms. The van der Waals surface area contributed by atoms with Crippen LogP contribution < -0.4 is 4.74 Å². The number of methoxy groups -OCH3 is 1. The number of unbranched alkanes of at least 4 members (excludes halogenated alkanes) is 2. The summed E-state index contributed by atoms with van der Waals surface area (Å²) in [7, 11) is 1.60. The van der Waals surface area contributed by atoms with Crippen LogP contribution in [0.1, 0.15) is 51.2 Å². The Morgan fingerprint density at radius 2 is 2.05 bits per heavy atom. The second-order valence-electron chi connectivity index (χ2n) is 5.42. The van der Waals surface area contributed by atoms with Gasteiger partial charge in [0.15, 0.2) is 0 Å². The van der Waals surface area contributed by atoms with Crippen molar-refractivity contribution < 1.29 is 4.74 Å². The van der Waals surface area contributed by atoms with Crippen molar-refractivity contribution in [1.82, 2.24) is 4.90 Å². The van der Waals surface area contributed by atoms with Crippen LogP contribution in [0.25, 0.3) is 0 Å². The van der Waals surface area contributed by atoms with Crippen molar-refractivity contribution in [3.8, 4) is 11.8 Å². The number of benzene rings is 1. The molecule has 0 atom stereocenters. The fourth-order valence-corrected chi connectivity index (χ4v) is 2.26. The number of nitrogens with zero attached hydrogens (tertiary/aromatic N) is 2. The van der Waals surface area contributed by atoms with E-state index in [1.165, 1.54) is 24.8 Å². The van der Waals surface area contributed by atoms with Crippen LogP contribution in [-0.2, 0) is 6.54 Å². The Labute approximate surface area is 123 Å². The van der Waals surface area contributed by atoms with Crippen molar-refractivity contribution in [1.29, 1.82) is 5.26 Å². The molecule has 0 saturated heterocycles. The van der Waals surface area contributed by atoms with Gasteiger partial charge in [-0.2, -0.15) is 5.26 Å². The van der Waals surface area contributed by atoms with E-state index in [0.717, 1.165) is 13.1 Å². The first-order valence-electron chi connectivity index (χ1n) is 7.43. The molecule has 0 saturated carbocycles. The molecule has 0 fully saturated rings. The zero-order valence-corrected chi connectivity index (χ0v) is 13.1. The second-order valence-corrected chi connectivity index (χ2v) is 5.42. The van der Waals surface area contributed by atoms with E-state index in [1.54, 1.807) is 7.11 Å². The summed E-state index contributed by atoms with van der Waals surface area (Å²) in [5.74, 6) is 0.651. The fourth-order valence-electron chi connectivity index (χ4n) is 2.26. The fraction of sp³-hybridized carbons (Fsp3) is 0.588. The zero-order chi connectivity index (χ0) is 15.0. The molecule has 0 heterocycles. The monoisotopic (exact) mass is 274 g/mol. The van der Waals surface area contributed by atoms with Gasteiger partial charge in [-0.1, -0.05) is 25.8 Å². The summed E-state index contributed by atoms with van der Waals surface area (Å²) < 4.78 is 5.19. The van der Waals surface area contributed by atoms with Gasteiger partial charge >= 0.3 is 0 Å². The summed E-state index contributed by atoms with van der Waals surface area (Å²) in [5, 5.41) is 9.15. The van der Waals surface area contributed by atoms with E-state index in [4.69, 9.17) is 10.00 Å². The van der Waals surface area contributed by atoms with Gasteiger partial charge in [-0.15, -0.1) is 0 Å². The van der Waals surface area contributed by atoms with E-state index in [-0.39, 0.29) is 0 Å². The third kappa shape index (κ3) is 4.86. The quantitative estimate of drug-likeness (QED) is 0.673. The molecule has 0 amide bonds. The number of ether oxygens (including phenoxy) is 1. The van der Waals surface area contributed by atoms with E-state index < -0.39 is 0 Å². The molecular formula is C17H26N2O. The number of rotatable bonds is 8. The van der Waals surface area contributed by atoms with Crippen LogP contribution in [0, 0.1) is 11.3 Å². The van der Waals surface area contributed by atoms with E-state index in [1.807, 2.05) is 12.1 Å². The summed E-state index contributed by atoms with van der Waals surface area (Å²) in [4.78, 5) is 2.46. The standard InChI is InChI=1S/C17H26N2O/c1-5-6-7-10-19(14(2)3)13-15-8-9-17(20-4)16(11-15)12-18/h8-9,11,14H,5-7,10,13H2,1-4H3. The Hall–Kier alpha value is -1.53. The van der Waals surface area contributed by atoms with Crippen molar-refractivity contribution in [3.05, 3.63) is 29.3 Å². The number of nitriles is 1. The van der Waals surface area contributed by atoms with E-state index >= 15 is 0 Å². The largest absolute Gasteiger partial charge is 0.495 e. The van der Waals surface area contributed by atoms with Crippen LogP contribution in [0.15, 0.2) is 18.2 Å². The lowest BCUT2D eigenvalue weighted by atomic mass is 10.1. The van der Waals surface area contributed by atoms with Gasteiger partial charge in [-0.05, 0) is 44.5 Å². The molecule has 1 rings (SSSR count). The highest BCUT2D eigenvalue weighted by atomic mass is 16.5. The maximum absolute atomic E-state index is 9.15. The molecule has 0 aliphatic rings. The molecule has 0 unspecified atom stereocenters. The molecule has 1 aromatic rings. The van der Waals surface area contributed by atoms with Crippen molar-refractivity contribution in [3.63, 3.8) is 0 Å². The molecular weight excluding hydrogens is 248 g/mol. The third-order valence-electron chi connectivity index (χ3n) is 3.55. The topological polar surface area (TPSA) is 36.3 Å². The van der Waals surface area contributed by atoms with Gasteiger partial charge in [0.2, 0.25) is 0 Å². The highest BCUT2D eigenvalue weighted by Crippen LogP contribution is 2.20. The average Bonchev–Trinajstić information content (AvgIpc) is 2.46. The lowest BCUT2D eigenvalue weighted by Gasteiger charge is -2.26. The molecule has 20 heavy (non-hydrogen) atoms.